The number of hydrogen-bond acceptors (Lipinski definition) is 1. The maximum Gasteiger partial charge on any atom is 0.0400 e. The van der Waals surface area contributed by atoms with Gasteiger partial charge < -0.3 is 5.32 Å². The predicted octanol–water partition coefficient (Wildman–Crippen LogP) is 4.52. The molecule has 0 aliphatic carbocycles. The van der Waals surface area contributed by atoms with E-state index in [2.05, 4.69) is 84.2 Å². The maximum atomic E-state index is 3.44. The molecule has 0 bridgehead atoms. The zero-order chi connectivity index (χ0) is 12.3. The standard InChI is InChI=1S/C15H16IN/c1-11-7-12(2)9-13(8-11)10-17-15-5-3-14(16)4-6-15/h3-9,17H,10H2,1-2H3. The molecule has 2 heteroatoms. The normalized spacial score (nSPS) is 10.3. The largest absolute Gasteiger partial charge is 0.381 e. The molecule has 17 heavy (non-hydrogen) atoms. The molecule has 0 unspecified atom stereocenters. The van der Waals surface area contributed by atoms with Crippen LogP contribution in [0.4, 0.5) is 5.69 Å². The van der Waals surface area contributed by atoms with Crippen LogP contribution in [0.15, 0.2) is 42.5 Å². The molecule has 1 N–H and O–H groups in total. The lowest BCUT2D eigenvalue weighted by atomic mass is 10.1. The van der Waals surface area contributed by atoms with Gasteiger partial charge >= 0.3 is 0 Å². The van der Waals surface area contributed by atoms with Crippen molar-refractivity contribution >= 4 is 28.3 Å². The van der Waals surface area contributed by atoms with Gasteiger partial charge in [-0.1, -0.05) is 29.3 Å². The lowest BCUT2D eigenvalue weighted by molar-refractivity contribution is 1.13. The smallest absolute Gasteiger partial charge is 0.0400 e. The van der Waals surface area contributed by atoms with Crippen LogP contribution in [0.5, 0.6) is 0 Å². The second-order valence-corrected chi connectivity index (χ2v) is 5.60. The Labute approximate surface area is 116 Å². The van der Waals surface area contributed by atoms with E-state index in [-0.39, 0.29) is 0 Å². The molecule has 0 fully saturated rings. The van der Waals surface area contributed by atoms with Crippen molar-refractivity contribution in [3.8, 4) is 0 Å². The summed E-state index contributed by atoms with van der Waals surface area (Å²) >= 11 is 2.32. The first-order chi connectivity index (χ1) is 8.13. The minimum Gasteiger partial charge on any atom is -0.381 e. The van der Waals surface area contributed by atoms with Crippen LogP contribution in [0.2, 0.25) is 0 Å². The fourth-order valence-corrected chi connectivity index (χ4v) is 2.30. The topological polar surface area (TPSA) is 12.0 Å². The second-order valence-electron chi connectivity index (χ2n) is 4.36. The van der Waals surface area contributed by atoms with Gasteiger partial charge in [-0.2, -0.15) is 0 Å². The highest BCUT2D eigenvalue weighted by molar-refractivity contribution is 14.1. The summed E-state index contributed by atoms with van der Waals surface area (Å²) in [4.78, 5) is 0. The monoisotopic (exact) mass is 337 g/mol. The lowest BCUT2D eigenvalue weighted by Crippen LogP contribution is -2.00. The van der Waals surface area contributed by atoms with Crippen molar-refractivity contribution < 1.29 is 0 Å². The van der Waals surface area contributed by atoms with Crippen molar-refractivity contribution in [2.24, 2.45) is 0 Å². The Morgan fingerprint density at radius 2 is 1.53 bits per heavy atom. The van der Waals surface area contributed by atoms with Gasteiger partial charge in [-0.3, -0.25) is 0 Å². The first kappa shape index (κ1) is 12.4. The summed E-state index contributed by atoms with van der Waals surface area (Å²) in [5.41, 5.74) is 5.15. The van der Waals surface area contributed by atoms with Gasteiger partial charge in [0.05, 0.1) is 0 Å². The number of rotatable bonds is 3. The van der Waals surface area contributed by atoms with Crippen molar-refractivity contribution in [2.45, 2.75) is 20.4 Å². The molecule has 0 heterocycles. The summed E-state index contributed by atoms with van der Waals surface area (Å²) in [5, 5.41) is 3.44. The minimum absolute atomic E-state index is 0.878. The van der Waals surface area contributed by atoms with Crippen molar-refractivity contribution in [3.05, 3.63) is 62.7 Å². The third-order valence-electron chi connectivity index (χ3n) is 2.62. The Morgan fingerprint density at radius 3 is 2.12 bits per heavy atom. The Morgan fingerprint density at radius 1 is 0.941 bits per heavy atom. The van der Waals surface area contributed by atoms with Crippen molar-refractivity contribution in [2.75, 3.05) is 5.32 Å². The molecule has 0 aromatic heterocycles. The fourth-order valence-electron chi connectivity index (χ4n) is 1.94. The van der Waals surface area contributed by atoms with Crippen molar-refractivity contribution in [1.82, 2.24) is 0 Å². The molecule has 1 nitrogen and oxygen atoms in total. The van der Waals surface area contributed by atoms with Gasteiger partial charge in [-0.15, -0.1) is 0 Å². The van der Waals surface area contributed by atoms with Gasteiger partial charge in [0.15, 0.2) is 0 Å². The van der Waals surface area contributed by atoms with Crippen LogP contribution in [-0.4, -0.2) is 0 Å². The third-order valence-corrected chi connectivity index (χ3v) is 3.34. The second kappa shape index (κ2) is 5.54. The Hall–Kier alpha value is -1.03. The number of anilines is 1. The average Bonchev–Trinajstić information content (AvgIpc) is 2.27. The minimum atomic E-state index is 0.878. The van der Waals surface area contributed by atoms with E-state index < -0.39 is 0 Å². The van der Waals surface area contributed by atoms with E-state index in [1.165, 1.54) is 25.9 Å². The van der Waals surface area contributed by atoms with E-state index in [9.17, 15) is 0 Å². The molecule has 2 rings (SSSR count). The highest BCUT2D eigenvalue weighted by atomic mass is 127. The van der Waals surface area contributed by atoms with Gasteiger partial charge in [-0.25, -0.2) is 0 Å². The van der Waals surface area contributed by atoms with Crippen LogP contribution >= 0.6 is 22.6 Å². The summed E-state index contributed by atoms with van der Waals surface area (Å²) in [6.45, 7) is 5.16. The molecule has 0 aliphatic rings. The van der Waals surface area contributed by atoms with Crippen LogP contribution < -0.4 is 5.32 Å². The molecule has 2 aromatic rings. The van der Waals surface area contributed by atoms with Crippen molar-refractivity contribution in [3.63, 3.8) is 0 Å². The Bertz CT molecular complexity index is 483. The molecule has 0 radical (unpaired) electrons. The molecule has 88 valence electrons. The number of hydrogen-bond donors (Lipinski definition) is 1. The summed E-state index contributed by atoms with van der Waals surface area (Å²) < 4.78 is 1.26. The molecule has 0 atom stereocenters. The summed E-state index contributed by atoms with van der Waals surface area (Å²) in [7, 11) is 0. The summed E-state index contributed by atoms with van der Waals surface area (Å²) in [6, 6.07) is 15.1. The van der Waals surface area contributed by atoms with Crippen LogP contribution in [0.3, 0.4) is 0 Å². The molecule has 0 aliphatic heterocycles. The van der Waals surface area contributed by atoms with Crippen LogP contribution in [0.25, 0.3) is 0 Å². The predicted molar refractivity (Wildman–Crippen MR) is 82.4 cm³/mol. The summed E-state index contributed by atoms with van der Waals surface area (Å²) in [6.07, 6.45) is 0. The number of nitrogens with one attached hydrogen (secondary N) is 1. The Kier molecular flexibility index (Phi) is 4.05. The molecular weight excluding hydrogens is 321 g/mol. The highest BCUT2D eigenvalue weighted by Crippen LogP contribution is 2.14. The SMILES string of the molecule is Cc1cc(C)cc(CNc2ccc(I)cc2)c1. The van der Waals surface area contributed by atoms with Crippen LogP contribution in [0.1, 0.15) is 16.7 Å². The first-order valence-corrected chi connectivity index (χ1v) is 6.78. The number of benzene rings is 2. The zero-order valence-electron chi connectivity index (χ0n) is 10.1. The van der Waals surface area contributed by atoms with E-state index >= 15 is 0 Å². The lowest BCUT2D eigenvalue weighted by Gasteiger charge is -2.08. The Balaban J connectivity index is 2.04. The molecule has 2 aromatic carbocycles. The van der Waals surface area contributed by atoms with Crippen LogP contribution in [0, 0.1) is 17.4 Å². The van der Waals surface area contributed by atoms with E-state index in [0.717, 1.165) is 6.54 Å². The van der Waals surface area contributed by atoms with Gasteiger partial charge in [0, 0.05) is 15.8 Å². The molecule has 0 amide bonds. The quantitative estimate of drug-likeness (QED) is 0.812. The van der Waals surface area contributed by atoms with E-state index in [1.807, 2.05) is 0 Å². The molecular formula is C15H16IN. The highest BCUT2D eigenvalue weighted by Gasteiger charge is 1.97. The first-order valence-electron chi connectivity index (χ1n) is 5.70. The van der Waals surface area contributed by atoms with Gasteiger partial charge in [0.2, 0.25) is 0 Å². The van der Waals surface area contributed by atoms with Crippen LogP contribution in [-0.2, 0) is 6.54 Å². The number of aryl methyl sites for hydroxylation is 2. The maximum absolute atomic E-state index is 3.44. The van der Waals surface area contributed by atoms with Gasteiger partial charge in [0.25, 0.3) is 0 Å². The zero-order valence-corrected chi connectivity index (χ0v) is 12.3. The van der Waals surface area contributed by atoms with E-state index in [1.54, 1.807) is 0 Å². The number of halogens is 1. The van der Waals surface area contributed by atoms with E-state index in [0.29, 0.717) is 0 Å². The fraction of sp³-hybridized carbons (Fsp3) is 0.200. The van der Waals surface area contributed by atoms with Gasteiger partial charge in [-0.05, 0) is 66.3 Å². The summed E-state index contributed by atoms with van der Waals surface area (Å²) in [5.74, 6) is 0. The molecule has 0 spiro atoms. The average molecular weight is 337 g/mol. The third kappa shape index (κ3) is 3.73. The molecule has 0 saturated heterocycles. The molecule has 0 saturated carbocycles. The van der Waals surface area contributed by atoms with Gasteiger partial charge in [0.1, 0.15) is 0 Å². The van der Waals surface area contributed by atoms with E-state index in [4.69, 9.17) is 0 Å². The van der Waals surface area contributed by atoms with Crippen molar-refractivity contribution in [1.29, 1.82) is 0 Å².